The van der Waals surface area contributed by atoms with E-state index in [1.807, 2.05) is 0 Å². The first-order valence-corrected chi connectivity index (χ1v) is 6.45. The highest BCUT2D eigenvalue weighted by molar-refractivity contribution is 9.11. The molecule has 14 heavy (non-hydrogen) atoms. The Morgan fingerprint density at radius 3 is 2.86 bits per heavy atom. The van der Waals surface area contributed by atoms with Crippen LogP contribution in [0.2, 0.25) is 0 Å². The SMILES string of the molecule is CN(Cc1csc(Br)c1)CC1(N)CC1. The van der Waals surface area contributed by atoms with Crippen molar-refractivity contribution in [2.24, 2.45) is 5.73 Å². The van der Waals surface area contributed by atoms with E-state index in [0.717, 1.165) is 13.1 Å². The lowest BCUT2D eigenvalue weighted by molar-refractivity contribution is 0.296. The largest absolute Gasteiger partial charge is 0.324 e. The molecule has 1 heterocycles. The number of hydrogen-bond donors (Lipinski definition) is 1. The summed E-state index contributed by atoms with van der Waals surface area (Å²) in [6.07, 6.45) is 2.37. The normalized spacial score (nSPS) is 18.9. The highest BCUT2D eigenvalue weighted by Crippen LogP contribution is 2.33. The molecule has 0 spiro atoms. The minimum absolute atomic E-state index is 0.127. The Balaban J connectivity index is 1.85. The third-order valence-electron chi connectivity index (χ3n) is 2.55. The molecule has 1 aliphatic rings. The molecule has 0 atom stereocenters. The van der Waals surface area contributed by atoms with E-state index in [1.54, 1.807) is 11.3 Å². The summed E-state index contributed by atoms with van der Waals surface area (Å²) in [5.74, 6) is 0. The van der Waals surface area contributed by atoms with Crippen LogP contribution in [0.25, 0.3) is 0 Å². The highest BCUT2D eigenvalue weighted by Gasteiger charge is 2.38. The fourth-order valence-corrected chi connectivity index (χ4v) is 2.85. The molecule has 2 N–H and O–H groups in total. The maximum absolute atomic E-state index is 6.06. The molecule has 1 aromatic heterocycles. The maximum atomic E-state index is 6.06. The predicted molar refractivity (Wildman–Crippen MR) is 64.5 cm³/mol. The lowest BCUT2D eigenvalue weighted by Crippen LogP contribution is -2.36. The number of halogens is 1. The van der Waals surface area contributed by atoms with Gasteiger partial charge in [0, 0.05) is 18.6 Å². The molecule has 78 valence electrons. The first-order chi connectivity index (χ1) is 6.57. The first-order valence-electron chi connectivity index (χ1n) is 4.78. The van der Waals surface area contributed by atoms with Crippen molar-refractivity contribution in [2.75, 3.05) is 13.6 Å². The lowest BCUT2D eigenvalue weighted by Gasteiger charge is -2.19. The number of likely N-dealkylation sites (N-methyl/N-ethyl adjacent to an activating group) is 1. The molecular formula is C10H15BrN2S. The van der Waals surface area contributed by atoms with E-state index in [4.69, 9.17) is 5.73 Å². The van der Waals surface area contributed by atoms with Gasteiger partial charge in [-0.15, -0.1) is 11.3 Å². The van der Waals surface area contributed by atoms with Crippen molar-refractivity contribution in [1.82, 2.24) is 4.90 Å². The molecule has 1 aromatic rings. The molecule has 2 rings (SSSR count). The summed E-state index contributed by atoms with van der Waals surface area (Å²) in [7, 11) is 2.14. The van der Waals surface area contributed by atoms with Gasteiger partial charge < -0.3 is 10.6 Å². The second-order valence-corrected chi connectivity index (χ2v) is 6.58. The van der Waals surface area contributed by atoms with E-state index in [2.05, 4.69) is 39.3 Å². The highest BCUT2D eigenvalue weighted by atomic mass is 79.9. The molecular weight excluding hydrogens is 260 g/mol. The van der Waals surface area contributed by atoms with E-state index < -0.39 is 0 Å². The minimum atomic E-state index is 0.127. The van der Waals surface area contributed by atoms with Gasteiger partial charge in [-0.2, -0.15) is 0 Å². The second kappa shape index (κ2) is 3.93. The maximum Gasteiger partial charge on any atom is 0.0701 e. The molecule has 0 radical (unpaired) electrons. The van der Waals surface area contributed by atoms with Gasteiger partial charge in [-0.25, -0.2) is 0 Å². The molecule has 0 unspecified atom stereocenters. The Kier molecular flexibility index (Phi) is 2.98. The average Bonchev–Trinajstić information content (AvgIpc) is 2.64. The van der Waals surface area contributed by atoms with Gasteiger partial charge in [0.2, 0.25) is 0 Å². The van der Waals surface area contributed by atoms with Gasteiger partial charge in [0.1, 0.15) is 0 Å². The van der Waals surface area contributed by atoms with Crippen molar-refractivity contribution in [3.05, 3.63) is 20.8 Å². The van der Waals surface area contributed by atoms with Crippen LogP contribution in [0.4, 0.5) is 0 Å². The molecule has 1 saturated carbocycles. The molecule has 0 amide bonds. The van der Waals surface area contributed by atoms with Crippen molar-refractivity contribution < 1.29 is 0 Å². The zero-order valence-corrected chi connectivity index (χ0v) is 10.7. The van der Waals surface area contributed by atoms with Gasteiger partial charge in [-0.05, 0) is 52.8 Å². The summed E-state index contributed by atoms with van der Waals surface area (Å²) in [5, 5.41) is 2.19. The molecule has 1 aliphatic carbocycles. The van der Waals surface area contributed by atoms with Crippen LogP contribution in [0, 0.1) is 0 Å². The van der Waals surface area contributed by atoms with Crippen LogP contribution in [0.3, 0.4) is 0 Å². The van der Waals surface area contributed by atoms with Crippen LogP contribution >= 0.6 is 27.3 Å². The van der Waals surface area contributed by atoms with E-state index in [0.29, 0.717) is 0 Å². The standard InChI is InChI=1S/C10H15BrN2S/c1-13(7-10(12)2-3-10)5-8-4-9(11)14-6-8/h4,6H,2-3,5,7,12H2,1H3. The fourth-order valence-electron chi connectivity index (χ4n) is 1.65. The first kappa shape index (κ1) is 10.6. The fraction of sp³-hybridized carbons (Fsp3) is 0.600. The van der Waals surface area contributed by atoms with Crippen molar-refractivity contribution in [2.45, 2.75) is 24.9 Å². The summed E-state index contributed by atoms with van der Waals surface area (Å²) in [5.41, 5.74) is 7.55. The van der Waals surface area contributed by atoms with Crippen molar-refractivity contribution in [3.8, 4) is 0 Å². The average molecular weight is 275 g/mol. The van der Waals surface area contributed by atoms with E-state index >= 15 is 0 Å². The van der Waals surface area contributed by atoms with Crippen molar-refractivity contribution in [3.63, 3.8) is 0 Å². The Morgan fingerprint density at radius 1 is 1.64 bits per heavy atom. The van der Waals surface area contributed by atoms with Gasteiger partial charge in [-0.1, -0.05) is 0 Å². The van der Waals surface area contributed by atoms with Crippen LogP contribution in [0.5, 0.6) is 0 Å². The van der Waals surface area contributed by atoms with Gasteiger partial charge in [-0.3, -0.25) is 0 Å². The third kappa shape index (κ3) is 2.79. The molecule has 1 fully saturated rings. The van der Waals surface area contributed by atoms with E-state index in [-0.39, 0.29) is 5.54 Å². The molecule has 2 nitrogen and oxygen atoms in total. The Morgan fingerprint density at radius 2 is 2.36 bits per heavy atom. The van der Waals surface area contributed by atoms with Crippen LogP contribution in [0.15, 0.2) is 15.2 Å². The van der Waals surface area contributed by atoms with Gasteiger partial charge >= 0.3 is 0 Å². The number of hydrogen-bond acceptors (Lipinski definition) is 3. The summed E-state index contributed by atoms with van der Waals surface area (Å²) in [6, 6.07) is 2.18. The summed E-state index contributed by atoms with van der Waals surface area (Å²) in [4.78, 5) is 2.31. The van der Waals surface area contributed by atoms with Crippen molar-refractivity contribution in [1.29, 1.82) is 0 Å². The van der Waals surface area contributed by atoms with Crippen molar-refractivity contribution >= 4 is 27.3 Å². The molecule has 0 aliphatic heterocycles. The van der Waals surface area contributed by atoms with E-state index in [9.17, 15) is 0 Å². The summed E-state index contributed by atoms with van der Waals surface area (Å²) >= 11 is 5.21. The van der Waals surface area contributed by atoms with Gasteiger partial charge in [0.25, 0.3) is 0 Å². The zero-order valence-electron chi connectivity index (χ0n) is 8.29. The lowest BCUT2D eigenvalue weighted by atomic mass is 10.2. The van der Waals surface area contributed by atoms with Crippen LogP contribution in [-0.4, -0.2) is 24.0 Å². The quantitative estimate of drug-likeness (QED) is 0.914. The molecule has 4 heteroatoms. The molecule has 0 saturated heterocycles. The smallest absolute Gasteiger partial charge is 0.0701 e. The summed E-state index contributed by atoms with van der Waals surface area (Å²) < 4.78 is 1.20. The second-order valence-electron chi connectivity index (χ2n) is 4.29. The third-order valence-corrected chi connectivity index (χ3v) is 4.10. The number of nitrogens with two attached hydrogens (primary N) is 1. The monoisotopic (exact) mass is 274 g/mol. The topological polar surface area (TPSA) is 29.3 Å². The van der Waals surface area contributed by atoms with Gasteiger partial charge in [0.05, 0.1) is 3.79 Å². The molecule has 0 aromatic carbocycles. The van der Waals surface area contributed by atoms with Crippen LogP contribution in [-0.2, 0) is 6.54 Å². The number of thiophene rings is 1. The Bertz CT molecular complexity index is 320. The summed E-state index contributed by atoms with van der Waals surface area (Å²) in [6.45, 7) is 2.02. The Labute approximate surface area is 97.2 Å². The Hall–Kier alpha value is 0.1000. The number of rotatable bonds is 4. The zero-order chi connectivity index (χ0) is 10.2. The minimum Gasteiger partial charge on any atom is -0.324 e. The van der Waals surface area contributed by atoms with Gasteiger partial charge in [0.15, 0.2) is 0 Å². The van der Waals surface area contributed by atoms with E-state index in [1.165, 1.54) is 22.2 Å². The van der Waals surface area contributed by atoms with Crippen LogP contribution in [0.1, 0.15) is 18.4 Å². The predicted octanol–water partition coefficient (Wildman–Crippen LogP) is 2.43. The molecule has 0 bridgehead atoms. The number of nitrogens with zero attached hydrogens (tertiary/aromatic N) is 1. The van der Waals surface area contributed by atoms with Crippen LogP contribution < -0.4 is 5.73 Å².